The molecule has 1 atom stereocenters. The first-order valence-electron chi connectivity index (χ1n) is 7.37. The smallest absolute Gasteiger partial charge is 0.282 e. The Morgan fingerprint density at radius 3 is 2.77 bits per heavy atom. The topological polar surface area (TPSA) is 86.5 Å². The molecular weight excluding hydrogens is 304 g/mol. The van der Waals surface area contributed by atoms with Crippen LogP contribution in [0.5, 0.6) is 5.88 Å². The van der Waals surface area contributed by atoms with Crippen LogP contribution in [0, 0.1) is 11.3 Å². The Balaban J connectivity index is 1.63. The molecule has 2 aliphatic rings. The lowest BCUT2D eigenvalue weighted by atomic mass is 10.3. The van der Waals surface area contributed by atoms with E-state index < -0.39 is 10.2 Å². The minimum atomic E-state index is -3.36. The fraction of sp³-hybridized carbons (Fsp3) is 0.571. The molecule has 1 aromatic heterocycles. The highest BCUT2D eigenvalue weighted by Crippen LogP contribution is 2.23. The van der Waals surface area contributed by atoms with Crippen LogP contribution in [0.2, 0.25) is 0 Å². The van der Waals surface area contributed by atoms with Gasteiger partial charge in [0, 0.05) is 31.9 Å². The highest BCUT2D eigenvalue weighted by atomic mass is 32.2. The Bertz CT molecular complexity index is 680. The van der Waals surface area contributed by atoms with E-state index in [1.165, 1.54) is 10.5 Å². The van der Waals surface area contributed by atoms with E-state index in [1.807, 2.05) is 6.07 Å². The molecule has 1 aromatic rings. The molecule has 0 radical (unpaired) electrons. The lowest BCUT2D eigenvalue weighted by molar-refractivity contribution is 0.205. The highest BCUT2D eigenvalue weighted by molar-refractivity contribution is 7.86. The minimum absolute atomic E-state index is 0.223. The molecule has 0 spiro atoms. The summed E-state index contributed by atoms with van der Waals surface area (Å²) in [5.41, 5.74) is 0.476. The van der Waals surface area contributed by atoms with Gasteiger partial charge in [-0.3, -0.25) is 0 Å². The second kappa shape index (κ2) is 6.20. The van der Waals surface area contributed by atoms with Crippen LogP contribution in [0.4, 0.5) is 0 Å². The van der Waals surface area contributed by atoms with E-state index in [9.17, 15) is 8.42 Å². The SMILES string of the molecule is N#Cc1ccnc(OC2CCN(S(=O)(=O)N3CCCC3)C2)c1. The molecule has 0 N–H and O–H groups in total. The molecular formula is C14H18N4O3S. The summed E-state index contributed by atoms with van der Waals surface area (Å²) in [5, 5.41) is 8.87. The molecule has 3 heterocycles. The van der Waals surface area contributed by atoms with Crippen molar-refractivity contribution in [2.45, 2.75) is 25.4 Å². The maximum absolute atomic E-state index is 12.5. The zero-order chi connectivity index (χ0) is 15.6. The molecule has 2 aliphatic heterocycles. The van der Waals surface area contributed by atoms with Crippen LogP contribution in [0.1, 0.15) is 24.8 Å². The molecule has 3 rings (SSSR count). The minimum Gasteiger partial charge on any atom is -0.473 e. The molecule has 2 fully saturated rings. The van der Waals surface area contributed by atoms with Gasteiger partial charge in [0.05, 0.1) is 18.2 Å². The maximum Gasteiger partial charge on any atom is 0.282 e. The first-order chi connectivity index (χ1) is 10.6. The van der Waals surface area contributed by atoms with Crippen LogP contribution in [0.25, 0.3) is 0 Å². The van der Waals surface area contributed by atoms with Gasteiger partial charge in [0.15, 0.2) is 0 Å². The molecule has 0 amide bonds. The lowest BCUT2D eigenvalue weighted by Gasteiger charge is -2.23. The van der Waals surface area contributed by atoms with Gasteiger partial charge < -0.3 is 4.74 Å². The van der Waals surface area contributed by atoms with Gasteiger partial charge in [-0.15, -0.1) is 0 Å². The zero-order valence-corrected chi connectivity index (χ0v) is 13.0. The first kappa shape index (κ1) is 15.2. The number of hydrogen-bond donors (Lipinski definition) is 0. The quantitative estimate of drug-likeness (QED) is 0.816. The van der Waals surface area contributed by atoms with Crippen molar-refractivity contribution in [1.29, 1.82) is 5.26 Å². The van der Waals surface area contributed by atoms with Crippen LogP contribution in [0.3, 0.4) is 0 Å². The van der Waals surface area contributed by atoms with Crippen LogP contribution in [-0.2, 0) is 10.2 Å². The van der Waals surface area contributed by atoms with Crippen molar-refractivity contribution < 1.29 is 13.2 Å². The Morgan fingerprint density at radius 2 is 2.05 bits per heavy atom. The number of aromatic nitrogens is 1. The van der Waals surface area contributed by atoms with Gasteiger partial charge in [0.2, 0.25) is 5.88 Å². The molecule has 7 nitrogen and oxygen atoms in total. The number of hydrogen-bond acceptors (Lipinski definition) is 5. The van der Waals surface area contributed by atoms with Gasteiger partial charge in [-0.05, 0) is 25.3 Å². The first-order valence-corrected chi connectivity index (χ1v) is 8.77. The van der Waals surface area contributed by atoms with E-state index >= 15 is 0 Å². The van der Waals surface area contributed by atoms with Gasteiger partial charge in [0.25, 0.3) is 10.2 Å². The third-order valence-corrected chi connectivity index (χ3v) is 5.98. The average Bonchev–Trinajstić information content (AvgIpc) is 3.19. The van der Waals surface area contributed by atoms with Crippen molar-refractivity contribution >= 4 is 10.2 Å². The van der Waals surface area contributed by atoms with Crippen LogP contribution < -0.4 is 4.74 Å². The number of ether oxygens (including phenoxy) is 1. The second-order valence-corrected chi connectivity index (χ2v) is 7.42. The van der Waals surface area contributed by atoms with Crippen LogP contribution in [-0.4, -0.2) is 54.3 Å². The van der Waals surface area contributed by atoms with E-state index in [0.29, 0.717) is 44.0 Å². The Hall–Kier alpha value is -1.69. The summed E-state index contributed by atoms with van der Waals surface area (Å²) in [6.07, 6.45) is 3.78. The summed E-state index contributed by atoms with van der Waals surface area (Å²) < 4.78 is 33.7. The third kappa shape index (κ3) is 3.06. The number of nitriles is 1. The summed E-state index contributed by atoms with van der Waals surface area (Å²) >= 11 is 0. The number of rotatable bonds is 4. The summed E-state index contributed by atoms with van der Waals surface area (Å²) in [6.45, 7) is 2.00. The fourth-order valence-corrected chi connectivity index (χ4v) is 4.54. The predicted octanol–water partition coefficient (Wildman–Crippen LogP) is 0.747. The normalized spacial score (nSPS) is 23.5. The van der Waals surface area contributed by atoms with Gasteiger partial charge in [-0.2, -0.15) is 22.3 Å². The van der Waals surface area contributed by atoms with Gasteiger partial charge >= 0.3 is 0 Å². The van der Waals surface area contributed by atoms with Crippen molar-refractivity contribution in [2.24, 2.45) is 0 Å². The van der Waals surface area contributed by atoms with E-state index in [0.717, 1.165) is 12.8 Å². The van der Waals surface area contributed by atoms with Gasteiger partial charge in [-0.1, -0.05) is 0 Å². The Labute approximate surface area is 130 Å². The maximum atomic E-state index is 12.5. The largest absolute Gasteiger partial charge is 0.473 e. The molecule has 0 aromatic carbocycles. The number of nitrogens with zero attached hydrogens (tertiary/aromatic N) is 4. The van der Waals surface area contributed by atoms with Gasteiger partial charge in [-0.25, -0.2) is 4.98 Å². The van der Waals surface area contributed by atoms with E-state index in [-0.39, 0.29) is 6.10 Å². The summed E-state index contributed by atoms with van der Waals surface area (Å²) in [5.74, 6) is 0.365. The van der Waals surface area contributed by atoms with Crippen LogP contribution in [0.15, 0.2) is 18.3 Å². The van der Waals surface area contributed by atoms with Crippen molar-refractivity contribution in [3.8, 4) is 11.9 Å². The Kier molecular flexibility index (Phi) is 4.29. The summed E-state index contributed by atoms with van der Waals surface area (Å²) in [7, 11) is -3.36. The summed E-state index contributed by atoms with van der Waals surface area (Å²) in [6, 6.07) is 5.20. The third-order valence-electron chi connectivity index (χ3n) is 3.98. The highest BCUT2D eigenvalue weighted by Gasteiger charge is 2.37. The zero-order valence-electron chi connectivity index (χ0n) is 12.2. The fourth-order valence-electron chi connectivity index (χ4n) is 2.80. The molecule has 8 heteroatoms. The lowest BCUT2D eigenvalue weighted by Crippen LogP contribution is -2.41. The molecule has 1 unspecified atom stereocenters. The monoisotopic (exact) mass is 322 g/mol. The molecule has 2 saturated heterocycles. The molecule has 0 aliphatic carbocycles. The second-order valence-electron chi connectivity index (χ2n) is 5.50. The van der Waals surface area contributed by atoms with Crippen molar-refractivity contribution in [2.75, 3.05) is 26.2 Å². The van der Waals surface area contributed by atoms with E-state index in [4.69, 9.17) is 10.00 Å². The molecule has 0 saturated carbocycles. The predicted molar refractivity (Wildman–Crippen MR) is 79.3 cm³/mol. The van der Waals surface area contributed by atoms with Crippen molar-refractivity contribution in [1.82, 2.24) is 13.6 Å². The van der Waals surface area contributed by atoms with Crippen LogP contribution >= 0.6 is 0 Å². The summed E-state index contributed by atoms with van der Waals surface area (Å²) in [4.78, 5) is 4.06. The number of pyridine rings is 1. The van der Waals surface area contributed by atoms with Gasteiger partial charge in [0.1, 0.15) is 6.10 Å². The van der Waals surface area contributed by atoms with Crippen molar-refractivity contribution in [3.05, 3.63) is 23.9 Å². The van der Waals surface area contributed by atoms with E-state index in [1.54, 1.807) is 16.4 Å². The van der Waals surface area contributed by atoms with Crippen molar-refractivity contribution in [3.63, 3.8) is 0 Å². The molecule has 0 bridgehead atoms. The molecule has 118 valence electrons. The Morgan fingerprint density at radius 1 is 1.27 bits per heavy atom. The average molecular weight is 322 g/mol. The standard InChI is InChI=1S/C14H18N4O3S/c15-10-12-3-5-16-14(9-12)21-13-4-8-18(11-13)22(19,20)17-6-1-2-7-17/h3,5,9,13H,1-2,4,6-8,11H2. The van der Waals surface area contributed by atoms with E-state index in [2.05, 4.69) is 4.98 Å². The molecule has 22 heavy (non-hydrogen) atoms.